The van der Waals surface area contributed by atoms with E-state index in [2.05, 4.69) is 74.6 Å². The van der Waals surface area contributed by atoms with Crippen LogP contribution in [0.4, 0.5) is 0 Å². The lowest BCUT2D eigenvalue weighted by atomic mass is 9.79. The summed E-state index contributed by atoms with van der Waals surface area (Å²) in [4.78, 5) is 12.3. The predicted octanol–water partition coefficient (Wildman–Crippen LogP) is 10.1. The minimum Gasteiger partial charge on any atom is -0.508 e. The third-order valence-electron chi connectivity index (χ3n) is 8.10. The van der Waals surface area contributed by atoms with E-state index in [1.807, 2.05) is 43.4 Å². The van der Waals surface area contributed by atoms with Crippen molar-refractivity contribution in [3.8, 4) is 5.75 Å². The number of phenolic OH excluding ortho intramolecular Hbond substituents is 1. The number of carbonyl (C=O) groups is 1. The van der Waals surface area contributed by atoms with E-state index in [0.29, 0.717) is 11.7 Å². The molecule has 0 radical (unpaired) electrons. The molecule has 3 aromatic carbocycles. The molecule has 252 valence electrons. The fourth-order valence-electron chi connectivity index (χ4n) is 5.73. The van der Waals surface area contributed by atoms with Gasteiger partial charge in [0.1, 0.15) is 5.75 Å². The minimum atomic E-state index is -0.0945. The number of benzene rings is 3. The Morgan fingerprint density at radius 1 is 1.00 bits per heavy atom. The summed E-state index contributed by atoms with van der Waals surface area (Å²) in [5.41, 5.74) is 8.32. The van der Waals surface area contributed by atoms with Crippen molar-refractivity contribution in [2.75, 3.05) is 13.6 Å². The van der Waals surface area contributed by atoms with Crippen LogP contribution in [0, 0.1) is 0 Å². The Morgan fingerprint density at radius 3 is 2.28 bits per heavy atom. The van der Waals surface area contributed by atoms with Crippen molar-refractivity contribution in [1.82, 2.24) is 10.6 Å². The number of phenols is 1. The number of hydrogen-bond donors (Lipinski definition) is 3. The maximum atomic E-state index is 12.3. The molecule has 1 saturated carbocycles. The lowest BCUT2D eigenvalue weighted by molar-refractivity contribution is -0.116. The monoisotopic (exact) mass is 654 g/mol. The molecular weight excluding hydrogens is 600 g/mol. The largest absolute Gasteiger partial charge is 0.508 e. The third kappa shape index (κ3) is 15.1. The zero-order chi connectivity index (χ0) is 34.4. The van der Waals surface area contributed by atoms with Gasteiger partial charge in [-0.3, -0.25) is 4.79 Å². The van der Waals surface area contributed by atoms with Gasteiger partial charge in [0.05, 0.1) is 6.04 Å². The Kier molecular flexibility index (Phi) is 18.9. The molecule has 5 heteroatoms. The SMILES string of the molecule is C=C.C=C/C=C/C(=O)NC(C=C1CCC(c2ccccc2CCC)CC1)Cc1ccc(Cl)cc1.CCCNC.Oc1ccc2c(c1)C2. The Balaban J connectivity index is 0.000000418. The van der Waals surface area contributed by atoms with Crippen molar-refractivity contribution in [3.05, 3.63) is 149 Å². The molecular formula is C42H55ClN2O2. The van der Waals surface area contributed by atoms with Crippen LogP contribution in [0.1, 0.15) is 86.1 Å². The van der Waals surface area contributed by atoms with E-state index in [1.54, 1.807) is 18.2 Å². The summed E-state index contributed by atoms with van der Waals surface area (Å²) < 4.78 is 0. The van der Waals surface area contributed by atoms with Crippen LogP contribution in [0.2, 0.25) is 5.02 Å². The number of halogens is 1. The normalized spacial score (nSPS) is 14.9. The molecule has 0 saturated heterocycles. The molecule has 2 aliphatic carbocycles. The molecule has 1 unspecified atom stereocenters. The lowest BCUT2D eigenvalue weighted by Crippen LogP contribution is -2.34. The summed E-state index contributed by atoms with van der Waals surface area (Å²) in [6.45, 7) is 15.2. The van der Waals surface area contributed by atoms with Crippen LogP contribution in [-0.2, 0) is 24.1 Å². The molecule has 2 aliphatic rings. The van der Waals surface area contributed by atoms with Gasteiger partial charge in [0, 0.05) is 11.1 Å². The predicted molar refractivity (Wildman–Crippen MR) is 203 cm³/mol. The second-order valence-electron chi connectivity index (χ2n) is 11.8. The molecule has 0 aliphatic heterocycles. The maximum absolute atomic E-state index is 12.3. The standard InChI is InChI=1S/C29H34ClNO.C7H6O.C4H11N.C2H4/c1-3-5-11-29(32)31-27(21-23-14-18-26(30)19-15-23)20-22-12-16-25(17-13-22)28-10-7-6-9-24(28)8-4-2;8-7-2-1-5-3-6(5)4-7;1-3-4-5-2;1-2/h3,5-7,9-11,14-15,18-20,25,27H,1,4,8,12-13,16-17,21H2,2H3,(H,31,32);1-2,4,8H,3H2;5H,3-4H2,1-2H3;1-2H2/b11-5+,22-20?;;;. The van der Waals surface area contributed by atoms with Gasteiger partial charge in [-0.2, -0.15) is 0 Å². The van der Waals surface area contributed by atoms with E-state index in [-0.39, 0.29) is 11.9 Å². The van der Waals surface area contributed by atoms with Gasteiger partial charge < -0.3 is 15.7 Å². The van der Waals surface area contributed by atoms with E-state index >= 15 is 0 Å². The highest BCUT2D eigenvalue weighted by molar-refractivity contribution is 6.30. The molecule has 1 amide bonds. The summed E-state index contributed by atoms with van der Waals surface area (Å²) in [5.74, 6) is 0.930. The van der Waals surface area contributed by atoms with Gasteiger partial charge in [0.25, 0.3) is 0 Å². The lowest BCUT2D eigenvalue weighted by Gasteiger charge is -2.27. The van der Waals surface area contributed by atoms with E-state index in [9.17, 15) is 4.79 Å². The molecule has 0 aromatic heterocycles. The van der Waals surface area contributed by atoms with E-state index < -0.39 is 0 Å². The third-order valence-corrected chi connectivity index (χ3v) is 8.36. The number of amides is 1. The number of aryl methyl sites for hydroxylation is 1. The van der Waals surface area contributed by atoms with Gasteiger partial charge in [-0.1, -0.05) is 105 Å². The fourth-order valence-corrected chi connectivity index (χ4v) is 5.85. The first-order valence-electron chi connectivity index (χ1n) is 16.9. The molecule has 4 nitrogen and oxygen atoms in total. The number of nitrogens with one attached hydrogen (secondary N) is 2. The number of hydrogen-bond acceptors (Lipinski definition) is 3. The van der Waals surface area contributed by atoms with E-state index in [4.69, 9.17) is 16.7 Å². The summed E-state index contributed by atoms with van der Waals surface area (Å²) in [6, 6.07) is 22.3. The first kappa shape index (κ1) is 39.3. The van der Waals surface area contributed by atoms with Gasteiger partial charge >= 0.3 is 0 Å². The van der Waals surface area contributed by atoms with Crippen molar-refractivity contribution in [3.63, 3.8) is 0 Å². The van der Waals surface area contributed by atoms with Crippen LogP contribution in [0.5, 0.6) is 5.75 Å². The first-order chi connectivity index (χ1) is 22.9. The van der Waals surface area contributed by atoms with Crippen molar-refractivity contribution < 1.29 is 9.90 Å². The molecule has 0 bridgehead atoms. The highest BCUT2D eigenvalue weighted by atomic mass is 35.5. The molecule has 1 fully saturated rings. The van der Waals surface area contributed by atoms with E-state index in [1.165, 1.54) is 59.6 Å². The Bertz CT molecular complexity index is 1410. The molecule has 1 atom stereocenters. The average molecular weight is 655 g/mol. The minimum absolute atomic E-state index is 0.0444. The second-order valence-corrected chi connectivity index (χ2v) is 12.3. The molecule has 47 heavy (non-hydrogen) atoms. The summed E-state index contributed by atoms with van der Waals surface area (Å²) in [5, 5.41) is 15.7. The number of fused-ring (bicyclic) bond motifs is 1. The van der Waals surface area contributed by atoms with Crippen LogP contribution < -0.4 is 10.6 Å². The molecule has 0 spiro atoms. The summed E-state index contributed by atoms with van der Waals surface area (Å²) in [7, 11) is 1.96. The fraction of sp³-hybridized carbons (Fsp3) is 0.357. The molecule has 5 rings (SSSR count). The second kappa shape index (κ2) is 22.6. The summed E-state index contributed by atoms with van der Waals surface area (Å²) >= 11 is 6.04. The topological polar surface area (TPSA) is 61.4 Å². The van der Waals surface area contributed by atoms with Crippen molar-refractivity contribution in [1.29, 1.82) is 0 Å². The number of allylic oxidation sites excluding steroid dienone is 3. The quantitative estimate of drug-likeness (QED) is 0.0857. The first-order valence-corrected chi connectivity index (χ1v) is 17.3. The van der Waals surface area contributed by atoms with Gasteiger partial charge in [-0.15, -0.1) is 13.2 Å². The van der Waals surface area contributed by atoms with Crippen LogP contribution in [0.25, 0.3) is 0 Å². The highest BCUT2D eigenvalue weighted by Gasteiger charge is 2.21. The highest BCUT2D eigenvalue weighted by Crippen LogP contribution is 2.37. The van der Waals surface area contributed by atoms with Crippen molar-refractivity contribution >= 4 is 17.5 Å². The van der Waals surface area contributed by atoms with Gasteiger partial charge in [0.2, 0.25) is 5.91 Å². The van der Waals surface area contributed by atoms with E-state index in [0.717, 1.165) is 49.2 Å². The zero-order valence-corrected chi connectivity index (χ0v) is 29.5. The zero-order valence-electron chi connectivity index (χ0n) is 28.7. The smallest absolute Gasteiger partial charge is 0.244 e. The van der Waals surface area contributed by atoms with Gasteiger partial charge in [0.15, 0.2) is 0 Å². The van der Waals surface area contributed by atoms with Crippen molar-refractivity contribution in [2.24, 2.45) is 0 Å². The van der Waals surface area contributed by atoms with Crippen molar-refractivity contribution in [2.45, 2.75) is 83.6 Å². The number of carbonyl (C=O) groups excluding carboxylic acids is 1. The Morgan fingerprint density at radius 2 is 1.70 bits per heavy atom. The van der Waals surface area contributed by atoms with Crippen LogP contribution >= 0.6 is 11.6 Å². The van der Waals surface area contributed by atoms with Gasteiger partial charge in [-0.05, 0) is 123 Å². The Hall–Kier alpha value is -3.86. The molecule has 3 aromatic rings. The van der Waals surface area contributed by atoms with Crippen LogP contribution in [0.3, 0.4) is 0 Å². The number of aromatic hydroxyl groups is 1. The summed E-state index contributed by atoms with van der Waals surface area (Å²) in [6.07, 6.45) is 17.0. The molecule has 0 heterocycles. The molecule has 3 N–H and O–H groups in total. The Labute approximate surface area is 289 Å². The number of rotatable bonds is 11. The van der Waals surface area contributed by atoms with Crippen LogP contribution in [0.15, 0.2) is 116 Å². The maximum Gasteiger partial charge on any atom is 0.244 e. The average Bonchev–Trinajstić information content (AvgIpc) is 3.86. The van der Waals surface area contributed by atoms with Crippen LogP contribution in [-0.4, -0.2) is 30.6 Å². The van der Waals surface area contributed by atoms with Gasteiger partial charge in [-0.25, -0.2) is 0 Å².